The minimum atomic E-state index is -1.06. The average molecular weight is 360 g/mol. The van der Waals surface area contributed by atoms with Gasteiger partial charge in [-0.1, -0.05) is 36.4 Å². The molecule has 142 valence electrons. The lowest BCUT2D eigenvalue weighted by molar-refractivity contribution is -0.324. The Balaban J connectivity index is 1.55. The second-order valence-electron chi connectivity index (χ2n) is 7.67. The Bertz CT molecular complexity index is 627. The Hall–Kier alpha value is -1.53. The highest BCUT2D eigenvalue weighted by atomic mass is 16.7. The Morgan fingerprint density at radius 3 is 2.85 bits per heavy atom. The van der Waals surface area contributed by atoms with Crippen molar-refractivity contribution in [2.24, 2.45) is 0 Å². The number of hydrogen-bond donors (Lipinski definition) is 1. The zero-order valence-electron chi connectivity index (χ0n) is 15.4. The second-order valence-corrected chi connectivity index (χ2v) is 7.67. The van der Waals surface area contributed by atoms with Gasteiger partial charge in [0.25, 0.3) is 0 Å². The van der Waals surface area contributed by atoms with E-state index in [0.717, 1.165) is 5.56 Å². The Morgan fingerprint density at radius 1 is 1.35 bits per heavy atom. The number of ketones is 1. The molecule has 3 rings (SSSR count). The molecule has 2 saturated heterocycles. The van der Waals surface area contributed by atoms with E-state index in [9.17, 15) is 9.90 Å². The summed E-state index contributed by atoms with van der Waals surface area (Å²) in [6, 6.07) is 9.97. The summed E-state index contributed by atoms with van der Waals surface area (Å²) in [6.45, 7) is 6.56. The monoisotopic (exact) mass is 360 g/mol. The Kier molecular flexibility index (Phi) is 5.92. The van der Waals surface area contributed by atoms with Gasteiger partial charge in [-0.2, -0.15) is 0 Å². The summed E-state index contributed by atoms with van der Waals surface area (Å²) in [4.78, 5) is 12.3. The highest BCUT2D eigenvalue weighted by Gasteiger charge is 2.51. The zero-order valence-corrected chi connectivity index (χ0v) is 15.4. The van der Waals surface area contributed by atoms with E-state index >= 15 is 0 Å². The molecule has 5 nitrogen and oxygen atoms in total. The molecule has 1 N–H and O–H groups in total. The van der Waals surface area contributed by atoms with Crippen LogP contribution in [0.4, 0.5) is 0 Å². The van der Waals surface area contributed by atoms with E-state index in [-0.39, 0.29) is 30.8 Å². The van der Waals surface area contributed by atoms with Crippen LogP contribution in [0.5, 0.6) is 0 Å². The molecule has 4 atom stereocenters. The van der Waals surface area contributed by atoms with E-state index in [0.29, 0.717) is 32.5 Å². The molecule has 2 aliphatic heterocycles. The summed E-state index contributed by atoms with van der Waals surface area (Å²) in [5.41, 5.74) is 0.174. The van der Waals surface area contributed by atoms with Crippen molar-refractivity contribution < 1.29 is 24.1 Å². The third kappa shape index (κ3) is 5.01. The molecule has 1 aromatic carbocycles. The van der Waals surface area contributed by atoms with Crippen LogP contribution in [0.15, 0.2) is 43.0 Å². The lowest BCUT2D eigenvalue weighted by atomic mass is 9.82. The smallest absolute Gasteiger partial charge is 0.179 e. The van der Waals surface area contributed by atoms with Gasteiger partial charge in [-0.15, -0.1) is 6.58 Å². The Morgan fingerprint density at radius 2 is 2.12 bits per heavy atom. The predicted octanol–water partition coefficient (Wildman–Crippen LogP) is 3.15. The van der Waals surface area contributed by atoms with Crippen molar-refractivity contribution in [2.45, 2.75) is 69.2 Å². The average Bonchev–Trinajstić information content (AvgIpc) is 2.57. The van der Waals surface area contributed by atoms with E-state index in [4.69, 9.17) is 14.2 Å². The van der Waals surface area contributed by atoms with Crippen LogP contribution < -0.4 is 0 Å². The lowest BCUT2D eigenvalue weighted by Gasteiger charge is -2.49. The van der Waals surface area contributed by atoms with Crippen LogP contribution in [0, 0.1) is 0 Å². The molecular weight excluding hydrogens is 332 g/mol. The number of carbonyl (C=O) groups excluding carboxylic acids is 1. The minimum Gasteiger partial charge on any atom is -0.390 e. The minimum absolute atomic E-state index is 0.102. The van der Waals surface area contributed by atoms with E-state index < -0.39 is 11.4 Å². The van der Waals surface area contributed by atoms with Crippen molar-refractivity contribution in [3.63, 3.8) is 0 Å². The van der Waals surface area contributed by atoms with Gasteiger partial charge in [0.1, 0.15) is 5.78 Å². The number of ether oxygens (including phenoxy) is 3. The molecule has 0 saturated carbocycles. The van der Waals surface area contributed by atoms with Gasteiger partial charge in [0.2, 0.25) is 0 Å². The first-order chi connectivity index (χ1) is 12.4. The molecule has 5 heteroatoms. The summed E-state index contributed by atoms with van der Waals surface area (Å²) in [6.07, 6.45) is 2.99. The molecule has 2 aliphatic rings. The molecule has 26 heavy (non-hydrogen) atoms. The summed E-state index contributed by atoms with van der Waals surface area (Å²) in [7, 11) is 0. The van der Waals surface area contributed by atoms with Crippen molar-refractivity contribution in [1.82, 2.24) is 0 Å². The number of rotatable bonds is 6. The van der Waals surface area contributed by atoms with Crippen molar-refractivity contribution in [3.05, 3.63) is 48.6 Å². The lowest BCUT2D eigenvalue weighted by Crippen LogP contribution is -2.57. The second kappa shape index (κ2) is 8.01. The number of aliphatic hydroxyl groups is 1. The molecule has 1 aromatic rings. The first kappa shape index (κ1) is 19.2. The van der Waals surface area contributed by atoms with Gasteiger partial charge in [-0.25, -0.2) is 0 Å². The largest absolute Gasteiger partial charge is 0.390 e. The van der Waals surface area contributed by atoms with Gasteiger partial charge < -0.3 is 19.3 Å². The van der Waals surface area contributed by atoms with Crippen LogP contribution in [0.2, 0.25) is 0 Å². The topological polar surface area (TPSA) is 65.0 Å². The van der Waals surface area contributed by atoms with Crippen molar-refractivity contribution in [3.8, 4) is 0 Å². The first-order valence-corrected chi connectivity index (χ1v) is 9.24. The predicted molar refractivity (Wildman–Crippen MR) is 97.5 cm³/mol. The van der Waals surface area contributed by atoms with Crippen molar-refractivity contribution >= 4 is 5.78 Å². The van der Waals surface area contributed by atoms with Crippen LogP contribution in [0.1, 0.15) is 44.6 Å². The van der Waals surface area contributed by atoms with Gasteiger partial charge in [-0.3, -0.25) is 4.79 Å². The van der Waals surface area contributed by atoms with Gasteiger partial charge >= 0.3 is 0 Å². The molecule has 0 unspecified atom stereocenters. The first-order valence-electron chi connectivity index (χ1n) is 9.24. The van der Waals surface area contributed by atoms with Crippen LogP contribution in [0.25, 0.3) is 0 Å². The molecule has 0 aromatic heterocycles. The number of benzene rings is 1. The van der Waals surface area contributed by atoms with Crippen LogP contribution in [-0.2, 0) is 25.6 Å². The van der Waals surface area contributed by atoms with Crippen molar-refractivity contribution in [2.75, 3.05) is 6.61 Å². The number of hydrogen-bond acceptors (Lipinski definition) is 5. The number of carbonyl (C=O) groups is 1. The number of Topliss-reactive ketones (excluding diaryl/α,β-unsaturated/α-hetero) is 1. The normalized spacial score (nSPS) is 34.8. The molecule has 2 heterocycles. The maximum Gasteiger partial charge on any atom is 0.179 e. The summed E-state index contributed by atoms with van der Waals surface area (Å²) in [5, 5.41) is 10.6. The standard InChI is InChI=1S/C21H28O5/c1-3-18-13-20(2,23)15-21(25-18)12-17(22)11-19(26-21)9-10-24-14-16-7-5-4-6-8-16/h3-8,18-19,23H,1,9-15H2,2H3/t18-,19-,20-,21-/m0/s1. The summed E-state index contributed by atoms with van der Waals surface area (Å²) in [5.74, 6) is -0.954. The molecule has 0 bridgehead atoms. The van der Waals surface area contributed by atoms with Gasteiger partial charge in [0, 0.05) is 25.9 Å². The van der Waals surface area contributed by atoms with Crippen LogP contribution in [0.3, 0.4) is 0 Å². The fourth-order valence-electron chi connectivity index (χ4n) is 3.90. The molecule has 0 aliphatic carbocycles. The van der Waals surface area contributed by atoms with Crippen LogP contribution >= 0.6 is 0 Å². The molecule has 1 spiro atoms. The summed E-state index contributed by atoms with van der Waals surface area (Å²) >= 11 is 0. The molecule has 0 radical (unpaired) electrons. The maximum atomic E-state index is 12.3. The maximum absolute atomic E-state index is 12.3. The fourth-order valence-corrected chi connectivity index (χ4v) is 3.90. The van der Waals surface area contributed by atoms with Crippen molar-refractivity contribution in [1.29, 1.82) is 0 Å². The van der Waals surface area contributed by atoms with E-state index in [2.05, 4.69) is 6.58 Å². The van der Waals surface area contributed by atoms with Gasteiger partial charge in [0.15, 0.2) is 5.79 Å². The molecular formula is C21H28O5. The van der Waals surface area contributed by atoms with E-state index in [1.54, 1.807) is 13.0 Å². The van der Waals surface area contributed by atoms with E-state index in [1.807, 2.05) is 30.3 Å². The highest BCUT2D eigenvalue weighted by Crippen LogP contribution is 2.42. The quantitative estimate of drug-likeness (QED) is 0.624. The fraction of sp³-hybridized carbons (Fsp3) is 0.571. The Labute approximate surface area is 155 Å². The zero-order chi connectivity index (χ0) is 18.6. The summed E-state index contributed by atoms with van der Waals surface area (Å²) < 4.78 is 17.9. The van der Waals surface area contributed by atoms with E-state index in [1.165, 1.54) is 0 Å². The third-order valence-electron chi connectivity index (χ3n) is 4.92. The molecule has 0 amide bonds. The van der Waals surface area contributed by atoms with Gasteiger partial charge in [0.05, 0.1) is 30.8 Å². The van der Waals surface area contributed by atoms with Crippen LogP contribution in [-0.4, -0.2) is 41.1 Å². The third-order valence-corrected chi connectivity index (χ3v) is 4.92. The highest BCUT2D eigenvalue weighted by molar-refractivity contribution is 5.80. The molecule has 2 fully saturated rings. The SMILES string of the molecule is C=C[C@H]1C[C@](C)(O)C[C@@]2(CC(=O)C[C@H](CCOCc3ccccc3)O2)O1. The van der Waals surface area contributed by atoms with Gasteiger partial charge in [-0.05, 0) is 18.9 Å².